The predicted octanol–water partition coefficient (Wildman–Crippen LogP) is 0.845. The molecule has 0 saturated heterocycles. The normalized spacial score (nSPS) is 14.1. The van der Waals surface area contributed by atoms with E-state index in [4.69, 9.17) is 0 Å². The van der Waals surface area contributed by atoms with Crippen LogP contribution in [0.2, 0.25) is 0 Å². The van der Waals surface area contributed by atoms with E-state index in [2.05, 4.69) is 15.0 Å². The summed E-state index contributed by atoms with van der Waals surface area (Å²) in [4.78, 5) is 28.3. The number of esters is 1. The Morgan fingerprint density at radius 1 is 1.62 bits per heavy atom. The minimum absolute atomic E-state index is 0.212. The Bertz CT molecular complexity index is 459. The zero-order chi connectivity index (χ0) is 11.7. The molecule has 16 heavy (non-hydrogen) atoms. The molecule has 0 saturated carbocycles. The van der Waals surface area contributed by atoms with Crippen molar-refractivity contribution in [2.75, 3.05) is 19.5 Å². The Morgan fingerprint density at radius 2 is 2.38 bits per heavy atom. The lowest BCUT2D eigenvalue weighted by atomic mass is 10.2. The second-order valence-electron chi connectivity index (χ2n) is 3.50. The van der Waals surface area contributed by atoms with Crippen molar-refractivity contribution in [2.24, 2.45) is 0 Å². The molecule has 0 aromatic carbocycles. The number of nitrogens with zero attached hydrogens (tertiary/aromatic N) is 2. The van der Waals surface area contributed by atoms with E-state index < -0.39 is 5.97 Å². The number of urea groups is 1. The fraction of sp³-hybridized carbons (Fsp3) is 0.300. The van der Waals surface area contributed by atoms with Crippen LogP contribution in [0.3, 0.4) is 0 Å². The van der Waals surface area contributed by atoms with E-state index in [1.165, 1.54) is 18.2 Å². The van der Waals surface area contributed by atoms with Gasteiger partial charge in [-0.15, -0.1) is 0 Å². The summed E-state index contributed by atoms with van der Waals surface area (Å²) in [6.45, 7) is 0.433. The van der Waals surface area contributed by atoms with E-state index in [0.717, 1.165) is 5.69 Å². The lowest BCUT2D eigenvalue weighted by Crippen LogP contribution is -2.36. The molecule has 1 aromatic rings. The molecule has 0 atom stereocenters. The molecule has 0 fully saturated rings. The SMILES string of the molecule is COC(=O)c1cnc2c(c1)NC(=O)N(C)C2. The standard InChI is InChI=1S/C10H11N3O3/c1-13-5-8-7(12-10(13)15)3-6(4-11-8)9(14)16-2/h3-4H,5H2,1-2H3,(H,12,15). The molecule has 1 aliphatic heterocycles. The van der Waals surface area contributed by atoms with Gasteiger partial charge in [-0.25, -0.2) is 9.59 Å². The van der Waals surface area contributed by atoms with Crippen LogP contribution in [0.4, 0.5) is 10.5 Å². The maximum atomic E-state index is 11.4. The Hall–Kier alpha value is -2.11. The average Bonchev–Trinajstić information content (AvgIpc) is 2.29. The third-order valence-corrected chi connectivity index (χ3v) is 2.37. The van der Waals surface area contributed by atoms with E-state index in [1.54, 1.807) is 13.1 Å². The van der Waals surface area contributed by atoms with Gasteiger partial charge in [0, 0.05) is 13.2 Å². The van der Waals surface area contributed by atoms with Crippen molar-refractivity contribution in [3.63, 3.8) is 0 Å². The highest BCUT2D eigenvalue weighted by molar-refractivity contribution is 5.95. The molecular formula is C10H11N3O3. The number of hydrogen-bond donors (Lipinski definition) is 1. The number of aromatic nitrogens is 1. The second kappa shape index (κ2) is 3.80. The van der Waals surface area contributed by atoms with E-state index in [0.29, 0.717) is 17.8 Å². The summed E-state index contributed by atoms with van der Waals surface area (Å²) >= 11 is 0. The summed E-state index contributed by atoms with van der Waals surface area (Å²) in [5.41, 5.74) is 1.62. The van der Waals surface area contributed by atoms with Crippen LogP contribution in [0.1, 0.15) is 16.1 Å². The molecule has 0 radical (unpaired) electrons. The highest BCUT2D eigenvalue weighted by Gasteiger charge is 2.21. The number of rotatable bonds is 1. The number of carbonyl (C=O) groups is 2. The molecule has 1 aliphatic rings. The zero-order valence-corrected chi connectivity index (χ0v) is 8.98. The molecule has 6 heteroatoms. The molecule has 84 valence electrons. The summed E-state index contributed by atoms with van der Waals surface area (Å²) < 4.78 is 4.57. The molecule has 0 unspecified atom stereocenters. The third kappa shape index (κ3) is 1.69. The van der Waals surface area contributed by atoms with Crippen LogP contribution in [0.5, 0.6) is 0 Å². The van der Waals surface area contributed by atoms with Crippen molar-refractivity contribution >= 4 is 17.7 Å². The van der Waals surface area contributed by atoms with Crippen molar-refractivity contribution in [2.45, 2.75) is 6.54 Å². The van der Waals surface area contributed by atoms with Gasteiger partial charge in [0.25, 0.3) is 0 Å². The first-order chi connectivity index (χ1) is 7.61. The summed E-state index contributed by atoms with van der Waals surface area (Å²) in [6.07, 6.45) is 1.44. The average molecular weight is 221 g/mol. The van der Waals surface area contributed by atoms with Gasteiger partial charge in [-0.1, -0.05) is 0 Å². The Labute approximate surface area is 92.2 Å². The first kappa shape index (κ1) is 10.4. The number of anilines is 1. The summed E-state index contributed by atoms with van der Waals surface area (Å²) in [7, 11) is 2.97. The molecule has 0 aliphatic carbocycles. The van der Waals surface area contributed by atoms with Gasteiger partial charge in [0.15, 0.2) is 0 Å². The van der Waals surface area contributed by atoms with Gasteiger partial charge in [0.2, 0.25) is 0 Å². The van der Waals surface area contributed by atoms with Gasteiger partial charge in [0.1, 0.15) is 0 Å². The first-order valence-electron chi connectivity index (χ1n) is 4.71. The van der Waals surface area contributed by atoms with Crippen LogP contribution in [-0.2, 0) is 11.3 Å². The van der Waals surface area contributed by atoms with Gasteiger partial charge < -0.3 is 15.0 Å². The zero-order valence-electron chi connectivity index (χ0n) is 8.98. The molecular weight excluding hydrogens is 210 g/mol. The van der Waals surface area contributed by atoms with Crippen LogP contribution >= 0.6 is 0 Å². The number of fused-ring (bicyclic) bond motifs is 1. The highest BCUT2D eigenvalue weighted by atomic mass is 16.5. The van der Waals surface area contributed by atoms with Crippen LogP contribution in [0.15, 0.2) is 12.3 Å². The largest absolute Gasteiger partial charge is 0.465 e. The number of ether oxygens (including phenoxy) is 1. The quantitative estimate of drug-likeness (QED) is 0.713. The van der Waals surface area contributed by atoms with Crippen molar-refractivity contribution in [3.05, 3.63) is 23.5 Å². The molecule has 2 rings (SSSR count). The molecule has 0 spiro atoms. The van der Waals surface area contributed by atoms with Gasteiger partial charge in [-0.3, -0.25) is 4.98 Å². The maximum absolute atomic E-state index is 11.4. The van der Waals surface area contributed by atoms with E-state index in [-0.39, 0.29) is 6.03 Å². The molecule has 0 bridgehead atoms. The highest BCUT2D eigenvalue weighted by Crippen LogP contribution is 2.21. The van der Waals surface area contributed by atoms with Crippen molar-refractivity contribution in [1.82, 2.24) is 9.88 Å². The van der Waals surface area contributed by atoms with Gasteiger partial charge in [-0.2, -0.15) is 0 Å². The van der Waals surface area contributed by atoms with Crippen molar-refractivity contribution in [1.29, 1.82) is 0 Å². The number of methoxy groups -OCH3 is 1. The predicted molar refractivity (Wildman–Crippen MR) is 56.1 cm³/mol. The van der Waals surface area contributed by atoms with Crippen LogP contribution in [0, 0.1) is 0 Å². The number of amides is 2. The van der Waals surface area contributed by atoms with Gasteiger partial charge in [-0.05, 0) is 6.07 Å². The lowest BCUT2D eigenvalue weighted by Gasteiger charge is -2.25. The molecule has 6 nitrogen and oxygen atoms in total. The summed E-state index contributed by atoms with van der Waals surface area (Å²) in [5.74, 6) is -0.469. The van der Waals surface area contributed by atoms with Crippen LogP contribution in [-0.4, -0.2) is 36.0 Å². The minimum atomic E-state index is -0.469. The van der Waals surface area contributed by atoms with E-state index in [9.17, 15) is 9.59 Å². The number of nitrogens with one attached hydrogen (secondary N) is 1. The third-order valence-electron chi connectivity index (χ3n) is 2.37. The number of hydrogen-bond acceptors (Lipinski definition) is 4. The van der Waals surface area contributed by atoms with E-state index in [1.807, 2.05) is 0 Å². The minimum Gasteiger partial charge on any atom is -0.465 e. The van der Waals surface area contributed by atoms with Crippen LogP contribution in [0.25, 0.3) is 0 Å². The fourth-order valence-electron chi connectivity index (χ4n) is 1.46. The number of carbonyl (C=O) groups excluding carboxylic acids is 2. The fourth-order valence-corrected chi connectivity index (χ4v) is 1.46. The Morgan fingerprint density at radius 3 is 3.06 bits per heavy atom. The topological polar surface area (TPSA) is 71.5 Å². The summed E-state index contributed by atoms with van der Waals surface area (Å²) in [5, 5.41) is 2.65. The smallest absolute Gasteiger partial charge is 0.339 e. The monoisotopic (exact) mass is 221 g/mol. The molecule has 2 heterocycles. The first-order valence-corrected chi connectivity index (χ1v) is 4.71. The number of pyridine rings is 1. The molecule has 1 aromatic heterocycles. The van der Waals surface area contributed by atoms with Gasteiger partial charge in [0.05, 0.1) is 30.6 Å². The summed E-state index contributed by atoms with van der Waals surface area (Å²) in [6, 6.07) is 1.36. The van der Waals surface area contributed by atoms with Crippen LogP contribution < -0.4 is 5.32 Å². The molecule has 2 amide bonds. The van der Waals surface area contributed by atoms with E-state index >= 15 is 0 Å². The molecule has 1 N–H and O–H groups in total. The Kier molecular flexibility index (Phi) is 2.47. The van der Waals surface area contributed by atoms with Crippen molar-refractivity contribution < 1.29 is 14.3 Å². The second-order valence-corrected chi connectivity index (χ2v) is 3.50. The Balaban J connectivity index is 2.36. The lowest BCUT2D eigenvalue weighted by molar-refractivity contribution is 0.0600. The maximum Gasteiger partial charge on any atom is 0.339 e. The van der Waals surface area contributed by atoms with Gasteiger partial charge >= 0.3 is 12.0 Å². The van der Waals surface area contributed by atoms with Crippen molar-refractivity contribution in [3.8, 4) is 0 Å².